The molecule has 7 heteroatoms. The number of aromatic amines is 1. The van der Waals surface area contributed by atoms with Crippen LogP contribution in [0.1, 0.15) is 5.56 Å². The van der Waals surface area contributed by atoms with Crippen LogP contribution < -0.4 is 4.74 Å². The molecular weight excluding hydrogens is 329 g/mol. The smallest absolute Gasteiger partial charge is 0.166 e. The van der Waals surface area contributed by atoms with E-state index in [2.05, 4.69) is 15.0 Å². The molecule has 0 aliphatic carbocycles. The van der Waals surface area contributed by atoms with Gasteiger partial charge in [0.15, 0.2) is 5.16 Å². The van der Waals surface area contributed by atoms with Crippen LogP contribution in [-0.4, -0.2) is 22.1 Å². The van der Waals surface area contributed by atoms with Crippen LogP contribution in [0.5, 0.6) is 5.75 Å². The van der Waals surface area contributed by atoms with Crippen molar-refractivity contribution in [2.24, 2.45) is 0 Å². The third-order valence-electron chi connectivity index (χ3n) is 2.93. The molecular formula is C14H11Cl2N3OS. The lowest BCUT2D eigenvalue weighted by Crippen LogP contribution is -1.86. The Morgan fingerprint density at radius 2 is 2.14 bits per heavy atom. The summed E-state index contributed by atoms with van der Waals surface area (Å²) in [7, 11) is 1.64. The summed E-state index contributed by atoms with van der Waals surface area (Å²) in [6, 6.07) is 7.37. The van der Waals surface area contributed by atoms with Crippen LogP contribution in [0.3, 0.4) is 0 Å². The number of thioether (sulfide) groups is 1. The summed E-state index contributed by atoms with van der Waals surface area (Å²) < 4.78 is 5.19. The maximum Gasteiger partial charge on any atom is 0.166 e. The summed E-state index contributed by atoms with van der Waals surface area (Å²) in [5, 5.41) is 1.83. The van der Waals surface area contributed by atoms with E-state index < -0.39 is 0 Å². The molecule has 3 aromatic rings. The molecule has 2 aromatic heterocycles. The van der Waals surface area contributed by atoms with Crippen molar-refractivity contribution in [2.45, 2.75) is 10.9 Å². The van der Waals surface area contributed by atoms with Gasteiger partial charge < -0.3 is 9.72 Å². The minimum absolute atomic E-state index is 0.393. The first-order valence-electron chi connectivity index (χ1n) is 6.12. The van der Waals surface area contributed by atoms with Crippen molar-refractivity contribution in [1.29, 1.82) is 0 Å². The molecule has 0 saturated carbocycles. The third-order valence-corrected chi connectivity index (χ3v) is 4.41. The summed E-state index contributed by atoms with van der Waals surface area (Å²) in [5.41, 5.74) is 2.76. The van der Waals surface area contributed by atoms with Crippen molar-refractivity contribution >= 4 is 46.0 Å². The predicted molar refractivity (Wildman–Crippen MR) is 86.5 cm³/mol. The Hall–Kier alpha value is -1.43. The average molecular weight is 340 g/mol. The third kappa shape index (κ3) is 3.26. The van der Waals surface area contributed by atoms with Crippen LogP contribution in [0.4, 0.5) is 0 Å². The summed E-state index contributed by atoms with van der Waals surface area (Å²) in [6.45, 7) is 0. The number of benzene rings is 1. The second-order valence-corrected chi connectivity index (χ2v) is 6.07. The molecule has 0 bridgehead atoms. The Bertz CT molecular complexity index is 791. The van der Waals surface area contributed by atoms with Crippen molar-refractivity contribution in [3.05, 3.63) is 46.2 Å². The Labute approximate surface area is 135 Å². The number of imidazole rings is 1. The van der Waals surface area contributed by atoms with Gasteiger partial charge in [-0.1, -0.05) is 35.0 Å². The highest BCUT2D eigenvalue weighted by atomic mass is 35.5. The van der Waals surface area contributed by atoms with E-state index in [1.165, 1.54) is 0 Å². The van der Waals surface area contributed by atoms with Crippen molar-refractivity contribution in [3.63, 3.8) is 0 Å². The van der Waals surface area contributed by atoms with E-state index in [-0.39, 0.29) is 0 Å². The van der Waals surface area contributed by atoms with Crippen LogP contribution in [-0.2, 0) is 5.75 Å². The van der Waals surface area contributed by atoms with E-state index in [9.17, 15) is 0 Å². The van der Waals surface area contributed by atoms with E-state index in [0.717, 1.165) is 27.5 Å². The van der Waals surface area contributed by atoms with Crippen LogP contribution in [0, 0.1) is 0 Å². The zero-order valence-electron chi connectivity index (χ0n) is 11.1. The number of nitrogens with one attached hydrogen (secondary N) is 1. The predicted octanol–water partition coefficient (Wildman–Crippen LogP) is 4.57. The van der Waals surface area contributed by atoms with Gasteiger partial charge in [-0.15, -0.1) is 0 Å². The zero-order chi connectivity index (χ0) is 14.8. The van der Waals surface area contributed by atoms with Gasteiger partial charge in [0, 0.05) is 23.0 Å². The molecule has 0 fully saturated rings. The molecule has 0 saturated heterocycles. The number of halogens is 2. The van der Waals surface area contributed by atoms with E-state index in [0.29, 0.717) is 15.9 Å². The van der Waals surface area contributed by atoms with Gasteiger partial charge in [-0.2, -0.15) is 0 Å². The molecule has 0 radical (unpaired) electrons. The highest BCUT2D eigenvalue weighted by molar-refractivity contribution is 7.98. The fraction of sp³-hybridized carbons (Fsp3) is 0.143. The second kappa shape index (κ2) is 6.13. The number of methoxy groups -OCH3 is 1. The van der Waals surface area contributed by atoms with Crippen LogP contribution >= 0.6 is 35.0 Å². The molecule has 2 heterocycles. The van der Waals surface area contributed by atoms with Crippen molar-refractivity contribution < 1.29 is 4.74 Å². The molecule has 3 rings (SSSR count). The summed E-state index contributed by atoms with van der Waals surface area (Å²) in [4.78, 5) is 11.8. The molecule has 1 aromatic carbocycles. The Morgan fingerprint density at radius 3 is 2.90 bits per heavy atom. The first-order chi connectivity index (χ1) is 10.2. The van der Waals surface area contributed by atoms with Crippen LogP contribution in [0.25, 0.3) is 11.0 Å². The molecule has 0 aliphatic heterocycles. The maximum atomic E-state index is 6.13. The number of pyridine rings is 1. The maximum absolute atomic E-state index is 6.13. The minimum Gasteiger partial charge on any atom is -0.497 e. The van der Waals surface area contributed by atoms with E-state index in [1.54, 1.807) is 31.1 Å². The Morgan fingerprint density at radius 1 is 1.29 bits per heavy atom. The first kappa shape index (κ1) is 14.5. The lowest BCUT2D eigenvalue weighted by molar-refractivity contribution is 0.415. The highest BCUT2D eigenvalue weighted by Crippen LogP contribution is 2.28. The van der Waals surface area contributed by atoms with Crippen molar-refractivity contribution in [3.8, 4) is 5.75 Å². The minimum atomic E-state index is 0.393. The molecule has 1 N–H and O–H groups in total. The van der Waals surface area contributed by atoms with Gasteiger partial charge in [-0.3, -0.25) is 0 Å². The number of fused-ring (bicyclic) bond motifs is 1. The molecule has 4 nitrogen and oxygen atoms in total. The highest BCUT2D eigenvalue weighted by Gasteiger charge is 2.07. The lowest BCUT2D eigenvalue weighted by Gasteiger charge is -2.02. The van der Waals surface area contributed by atoms with Crippen molar-refractivity contribution in [2.75, 3.05) is 7.11 Å². The fourth-order valence-corrected chi connectivity index (χ4v) is 3.23. The number of H-pyrrole nitrogens is 1. The molecule has 0 spiro atoms. The van der Waals surface area contributed by atoms with Gasteiger partial charge in [0.2, 0.25) is 0 Å². The van der Waals surface area contributed by atoms with Gasteiger partial charge in [0.25, 0.3) is 0 Å². The Balaban J connectivity index is 1.78. The lowest BCUT2D eigenvalue weighted by atomic mass is 10.3. The van der Waals surface area contributed by atoms with E-state index in [1.807, 2.05) is 18.2 Å². The van der Waals surface area contributed by atoms with Gasteiger partial charge >= 0.3 is 0 Å². The average Bonchev–Trinajstić information content (AvgIpc) is 2.88. The van der Waals surface area contributed by atoms with Gasteiger partial charge in [-0.25, -0.2) is 9.97 Å². The summed E-state index contributed by atoms with van der Waals surface area (Å²) in [5.74, 6) is 1.47. The van der Waals surface area contributed by atoms with Crippen LogP contribution in [0.2, 0.25) is 10.2 Å². The number of nitrogens with zero attached hydrogens (tertiary/aromatic N) is 2. The molecule has 21 heavy (non-hydrogen) atoms. The molecule has 0 atom stereocenters. The van der Waals surface area contributed by atoms with Crippen LogP contribution in [0.15, 0.2) is 35.6 Å². The largest absolute Gasteiger partial charge is 0.497 e. The number of ether oxygens (including phenoxy) is 1. The summed E-state index contributed by atoms with van der Waals surface area (Å²) >= 11 is 13.5. The topological polar surface area (TPSA) is 50.8 Å². The van der Waals surface area contributed by atoms with Crippen molar-refractivity contribution in [1.82, 2.24) is 15.0 Å². The molecule has 0 aliphatic rings. The first-order valence-corrected chi connectivity index (χ1v) is 7.86. The molecule has 108 valence electrons. The molecule has 0 unspecified atom stereocenters. The van der Waals surface area contributed by atoms with E-state index >= 15 is 0 Å². The normalized spacial score (nSPS) is 11.0. The van der Waals surface area contributed by atoms with Gasteiger partial charge in [0.1, 0.15) is 10.9 Å². The summed E-state index contributed by atoms with van der Waals surface area (Å²) in [6.07, 6.45) is 1.68. The Kier molecular flexibility index (Phi) is 4.24. The molecule has 0 amide bonds. The number of hydrogen-bond acceptors (Lipinski definition) is 4. The second-order valence-electron chi connectivity index (χ2n) is 4.31. The number of aromatic nitrogens is 3. The zero-order valence-corrected chi connectivity index (χ0v) is 13.4. The number of hydrogen-bond donors (Lipinski definition) is 1. The standard InChI is InChI=1S/C14H11Cl2N3OS/c1-20-9-2-3-11-12(4-9)19-14(18-11)21-7-8-6-17-13(16)5-10(8)15/h2-6H,7H2,1H3,(H,18,19). The fourth-order valence-electron chi connectivity index (χ4n) is 1.85. The van der Waals surface area contributed by atoms with Gasteiger partial charge in [-0.05, 0) is 23.8 Å². The quantitative estimate of drug-likeness (QED) is 0.558. The SMILES string of the molecule is COc1ccc2nc(SCc3cnc(Cl)cc3Cl)[nH]c2c1. The van der Waals surface area contributed by atoms with Gasteiger partial charge in [0.05, 0.1) is 18.1 Å². The monoisotopic (exact) mass is 339 g/mol. The number of rotatable bonds is 4. The van der Waals surface area contributed by atoms with E-state index in [4.69, 9.17) is 27.9 Å².